The summed E-state index contributed by atoms with van der Waals surface area (Å²) < 4.78 is 5.27. The van der Waals surface area contributed by atoms with Gasteiger partial charge >= 0.3 is 0 Å². The maximum absolute atomic E-state index is 8.65. The van der Waals surface area contributed by atoms with Crippen molar-refractivity contribution in [2.45, 2.75) is 19.4 Å². The minimum absolute atomic E-state index is 0.286. The SMILES string of the molecule is COc1cccc(N2CCN(C(C)CC(N)=NO)CC2)c1. The Morgan fingerprint density at radius 3 is 2.71 bits per heavy atom. The van der Waals surface area contributed by atoms with Gasteiger partial charge < -0.3 is 20.6 Å². The molecule has 1 unspecified atom stereocenters. The van der Waals surface area contributed by atoms with Crippen molar-refractivity contribution in [2.75, 3.05) is 38.2 Å². The van der Waals surface area contributed by atoms with E-state index in [0.29, 0.717) is 6.42 Å². The molecule has 116 valence electrons. The Bertz CT molecular complexity index is 484. The van der Waals surface area contributed by atoms with Gasteiger partial charge in [0.15, 0.2) is 0 Å². The zero-order valence-corrected chi connectivity index (χ0v) is 12.7. The Hall–Kier alpha value is -1.95. The minimum Gasteiger partial charge on any atom is -0.497 e. The molecule has 1 atom stereocenters. The minimum atomic E-state index is 0.286. The summed E-state index contributed by atoms with van der Waals surface area (Å²) in [4.78, 5) is 4.73. The molecule has 1 aliphatic heterocycles. The average molecular weight is 292 g/mol. The molecular weight excluding hydrogens is 268 g/mol. The molecule has 0 bridgehead atoms. The third-order valence-corrected chi connectivity index (χ3v) is 3.99. The largest absolute Gasteiger partial charge is 0.497 e. The summed E-state index contributed by atoms with van der Waals surface area (Å²) in [7, 11) is 1.69. The molecule has 21 heavy (non-hydrogen) atoms. The number of hydrogen-bond acceptors (Lipinski definition) is 5. The first kappa shape index (κ1) is 15.4. The first-order chi connectivity index (χ1) is 10.1. The molecule has 0 aliphatic carbocycles. The summed E-state index contributed by atoms with van der Waals surface area (Å²) in [6.45, 7) is 5.98. The molecule has 2 rings (SSSR count). The third kappa shape index (κ3) is 4.01. The number of nitrogens with two attached hydrogens (primary N) is 1. The second kappa shape index (κ2) is 7.17. The highest BCUT2D eigenvalue weighted by Crippen LogP contribution is 2.22. The first-order valence-corrected chi connectivity index (χ1v) is 7.23. The summed E-state index contributed by atoms with van der Waals surface area (Å²) >= 11 is 0. The molecule has 1 heterocycles. The maximum Gasteiger partial charge on any atom is 0.140 e. The van der Waals surface area contributed by atoms with Crippen LogP contribution in [0.25, 0.3) is 0 Å². The molecular formula is C15H24N4O2. The molecule has 1 aromatic rings. The van der Waals surface area contributed by atoms with E-state index in [4.69, 9.17) is 15.7 Å². The molecule has 1 aromatic carbocycles. The Balaban J connectivity index is 1.90. The molecule has 0 amide bonds. The number of benzene rings is 1. The first-order valence-electron chi connectivity index (χ1n) is 7.23. The summed E-state index contributed by atoms with van der Waals surface area (Å²) in [6.07, 6.45) is 0.593. The average Bonchev–Trinajstić information content (AvgIpc) is 2.54. The van der Waals surface area contributed by atoms with Crippen molar-refractivity contribution in [3.05, 3.63) is 24.3 Å². The van der Waals surface area contributed by atoms with Crippen LogP contribution in [0, 0.1) is 0 Å². The third-order valence-electron chi connectivity index (χ3n) is 3.99. The van der Waals surface area contributed by atoms with Crippen molar-refractivity contribution in [3.8, 4) is 5.75 Å². The van der Waals surface area contributed by atoms with Gasteiger partial charge in [0.2, 0.25) is 0 Å². The Kier molecular flexibility index (Phi) is 5.27. The summed E-state index contributed by atoms with van der Waals surface area (Å²) in [6, 6.07) is 8.43. The van der Waals surface area contributed by atoms with Crippen molar-refractivity contribution in [3.63, 3.8) is 0 Å². The van der Waals surface area contributed by atoms with Gasteiger partial charge in [-0.3, -0.25) is 4.90 Å². The van der Waals surface area contributed by atoms with Gasteiger partial charge in [-0.2, -0.15) is 0 Å². The molecule has 0 spiro atoms. The van der Waals surface area contributed by atoms with Crippen LogP contribution < -0.4 is 15.4 Å². The topological polar surface area (TPSA) is 74.3 Å². The fourth-order valence-corrected chi connectivity index (χ4v) is 2.70. The van der Waals surface area contributed by atoms with Crippen LogP contribution in [0.2, 0.25) is 0 Å². The number of rotatable bonds is 5. The van der Waals surface area contributed by atoms with Gasteiger partial charge in [0.05, 0.1) is 7.11 Å². The lowest BCUT2D eigenvalue weighted by Crippen LogP contribution is -2.50. The van der Waals surface area contributed by atoms with Crippen molar-refractivity contribution >= 4 is 11.5 Å². The fourth-order valence-electron chi connectivity index (χ4n) is 2.70. The van der Waals surface area contributed by atoms with Gasteiger partial charge in [-0.05, 0) is 19.1 Å². The van der Waals surface area contributed by atoms with Crippen LogP contribution in [-0.4, -0.2) is 55.3 Å². The second-order valence-corrected chi connectivity index (χ2v) is 5.37. The standard InChI is InChI=1S/C15H24N4O2/c1-12(10-15(16)17-20)18-6-8-19(9-7-18)13-4-3-5-14(11-13)21-2/h3-5,11-12,20H,6-10H2,1-2H3,(H2,16,17). The van der Waals surface area contributed by atoms with E-state index in [0.717, 1.165) is 31.9 Å². The number of nitrogens with zero attached hydrogens (tertiary/aromatic N) is 3. The fraction of sp³-hybridized carbons (Fsp3) is 0.533. The summed E-state index contributed by atoms with van der Waals surface area (Å²) in [5.41, 5.74) is 6.77. The number of methoxy groups -OCH3 is 1. The quantitative estimate of drug-likeness (QED) is 0.371. The van der Waals surface area contributed by atoms with E-state index in [2.05, 4.69) is 34.0 Å². The monoisotopic (exact) mass is 292 g/mol. The van der Waals surface area contributed by atoms with Crippen molar-refractivity contribution in [2.24, 2.45) is 10.9 Å². The zero-order valence-electron chi connectivity index (χ0n) is 12.7. The van der Waals surface area contributed by atoms with Crippen molar-refractivity contribution in [1.29, 1.82) is 0 Å². The van der Waals surface area contributed by atoms with Gasteiger partial charge in [-0.15, -0.1) is 0 Å². The van der Waals surface area contributed by atoms with E-state index in [1.807, 2.05) is 12.1 Å². The van der Waals surface area contributed by atoms with E-state index in [9.17, 15) is 0 Å². The molecule has 0 aromatic heterocycles. The second-order valence-electron chi connectivity index (χ2n) is 5.37. The Labute approximate surface area is 125 Å². The smallest absolute Gasteiger partial charge is 0.140 e. The van der Waals surface area contributed by atoms with Gasteiger partial charge in [0, 0.05) is 50.4 Å². The zero-order chi connectivity index (χ0) is 15.2. The van der Waals surface area contributed by atoms with Crippen LogP contribution in [0.5, 0.6) is 5.75 Å². The highest BCUT2D eigenvalue weighted by Gasteiger charge is 2.22. The lowest BCUT2D eigenvalue weighted by Gasteiger charge is -2.39. The Morgan fingerprint density at radius 1 is 1.38 bits per heavy atom. The van der Waals surface area contributed by atoms with Crippen LogP contribution in [0.1, 0.15) is 13.3 Å². The summed E-state index contributed by atoms with van der Waals surface area (Å²) in [5, 5.41) is 11.7. The number of hydrogen-bond donors (Lipinski definition) is 2. The van der Waals surface area contributed by atoms with Crippen molar-refractivity contribution in [1.82, 2.24) is 4.90 Å². The molecule has 0 saturated carbocycles. The van der Waals surface area contributed by atoms with E-state index in [1.54, 1.807) is 7.11 Å². The number of ether oxygens (including phenoxy) is 1. The van der Waals surface area contributed by atoms with Gasteiger partial charge in [-0.1, -0.05) is 11.2 Å². The molecule has 3 N–H and O–H groups in total. The number of anilines is 1. The number of piperazine rings is 1. The van der Waals surface area contributed by atoms with Gasteiger partial charge in [0.25, 0.3) is 0 Å². The lowest BCUT2D eigenvalue weighted by molar-refractivity contribution is 0.199. The van der Waals surface area contributed by atoms with Crippen LogP contribution in [0.3, 0.4) is 0 Å². The highest BCUT2D eigenvalue weighted by atomic mass is 16.5. The Morgan fingerprint density at radius 2 is 2.10 bits per heavy atom. The van der Waals surface area contributed by atoms with Crippen LogP contribution >= 0.6 is 0 Å². The lowest BCUT2D eigenvalue weighted by atomic mass is 10.1. The predicted molar refractivity (Wildman–Crippen MR) is 84.3 cm³/mol. The summed E-state index contributed by atoms with van der Waals surface area (Å²) in [5.74, 6) is 1.17. The molecule has 1 fully saturated rings. The van der Waals surface area contributed by atoms with E-state index in [1.165, 1.54) is 5.69 Å². The highest BCUT2D eigenvalue weighted by molar-refractivity contribution is 5.80. The number of amidine groups is 1. The van der Waals surface area contributed by atoms with Gasteiger partial charge in [-0.25, -0.2) is 0 Å². The van der Waals surface area contributed by atoms with E-state index < -0.39 is 0 Å². The van der Waals surface area contributed by atoms with E-state index >= 15 is 0 Å². The van der Waals surface area contributed by atoms with Crippen molar-refractivity contribution < 1.29 is 9.94 Å². The molecule has 1 saturated heterocycles. The normalized spacial score (nSPS) is 18.6. The van der Waals surface area contributed by atoms with Crippen LogP contribution in [-0.2, 0) is 0 Å². The molecule has 0 radical (unpaired) electrons. The molecule has 6 nitrogen and oxygen atoms in total. The molecule has 1 aliphatic rings. The number of oxime groups is 1. The van der Waals surface area contributed by atoms with Gasteiger partial charge in [0.1, 0.15) is 11.6 Å². The van der Waals surface area contributed by atoms with Crippen LogP contribution in [0.15, 0.2) is 29.4 Å². The maximum atomic E-state index is 8.65. The molecule has 6 heteroatoms. The van der Waals surface area contributed by atoms with Crippen LogP contribution in [0.4, 0.5) is 5.69 Å². The van der Waals surface area contributed by atoms with E-state index in [-0.39, 0.29) is 11.9 Å². The predicted octanol–water partition coefficient (Wildman–Crippen LogP) is 1.34.